The fourth-order valence-electron chi connectivity index (χ4n) is 2.61. The van der Waals surface area contributed by atoms with Gasteiger partial charge < -0.3 is 19.7 Å². The monoisotopic (exact) mass is 511 g/mol. The second-order valence-corrected chi connectivity index (χ2v) is 7.17. The Morgan fingerprint density at radius 3 is 2.09 bits per heavy atom. The lowest BCUT2D eigenvalue weighted by atomic mass is 10.3. The molecule has 9 nitrogen and oxygen atoms in total. The van der Waals surface area contributed by atoms with Crippen LogP contribution in [-0.4, -0.2) is 72.7 Å². The van der Waals surface area contributed by atoms with E-state index in [1.807, 2.05) is 19.3 Å². The molecule has 0 bridgehead atoms. The Kier molecular flexibility index (Phi) is 10.7. The summed E-state index contributed by atoms with van der Waals surface area (Å²) in [5.41, 5.74) is 4.49. The molecule has 0 spiro atoms. The molecular formula is C20H23F6N5O4. The maximum Gasteiger partial charge on any atom is 0.490 e. The van der Waals surface area contributed by atoms with Crippen molar-refractivity contribution < 1.29 is 46.1 Å². The van der Waals surface area contributed by atoms with Crippen LogP contribution in [0.25, 0.3) is 11.0 Å². The number of carbonyl (C=O) groups is 2. The Bertz CT molecular complexity index is 1070. The molecule has 35 heavy (non-hydrogen) atoms. The van der Waals surface area contributed by atoms with Crippen LogP contribution in [0.3, 0.4) is 0 Å². The number of nitrogens with zero attached hydrogens (tertiary/aromatic N) is 4. The number of aliphatic carboxylic acids is 2. The van der Waals surface area contributed by atoms with Crippen molar-refractivity contribution in [2.75, 3.05) is 13.6 Å². The molecule has 0 saturated carbocycles. The van der Waals surface area contributed by atoms with Crippen molar-refractivity contribution in [2.45, 2.75) is 38.8 Å². The van der Waals surface area contributed by atoms with Gasteiger partial charge in [-0.2, -0.15) is 31.4 Å². The first-order valence-electron chi connectivity index (χ1n) is 9.80. The molecule has 15 heteroatoms. The van der Waals surface area contributed by atoms with Crippen molar-refractivity contribution in [1.82, 2.24) is 24.6 Å². The van der Waals surface area contributed by atoms with Gasteiger partial charge in [-0.3, -0.25) is 5.10 Å². The largest absolute Gasteiger partial charge is 0.490 e. The van der Waals surface area contributed by atoms with Crippen molar-refractivity contribution in [3.63, 3.8) is 0 Å². The molecule has 0 aliphatic carbocycles. The van der Waals surface area contributed by atoms with Crippen molar-refractivity contribution >= 4 is 23.0 Å². The van der Waals surface area contributed by atoms with Crippen LogP contribution in [0.4, 0.5) is 26.3 Å². The van der Waals surface area contributed by atoms with Gasteiger partial charge in [-0.15, -0.1) is 0 Å². The number of hydrogen-bond acceptors (Lipinski definition) is 5. The van der Waals surface area contributed by atoms with E-state index in [0.29, 0.717) is 0 Å². The quantitative estimate of drug-likeness (QED) is 0.430. The second kappa shape index (κ2) is 12.7. The fraction of sp³-hybridized carbons (Fsp3) is 0.400. The number of aromatic nitrogens is 4. The number of aryl methyl sites for hydroxylation is 2. The normalized spacial score (nSPS) is 11.5. The molecule has 1 aromatic carbocycles. The molecule has 3 aromatic rings. The third-order valence-electron chi connectivity index (χ3n) is 4.14. The van der Waals surface area contributed by atoms with Crippen LogP contribution in [-0.2, 0) is 22.7 Å². The van der Waals surface area contributed by atoms with E-state index < -0.39 is 24.3 Å². The zero-order chi connectivity index (χ0) is 26.8. The van der Waals surface area contributed by atoms with E-state index in [-0.39, 0.29) is 0 Å². The van der Waals surface area contributed by atoms with Crippen LogP contribution in [0.1, 0.15) is 17.8 Å². The smallest absolute Gasteiger partial charge is 0.475 e. The van der Waals surface area contributed by atoms with Crippen LogP contribution in [0.15, 0.2) is 36.7 Å². The number of imidazole rings is 1. The molecule has 3 N–H and O–H groups in total. The molecule has 0 radical (unpaired) electrons. The second-order valence-electron chi connectivity index (χ2n) is 7.17. The molecule has 0 saturated heterocycles. The number of H-pyrrole nitrogens is 1. The van der Waals surface area contributed by atoms with Crippen LogP contribution < -0.4 is 0 Å². The van der Waals surface area contributed by atoms with Crippen molar-refractivity contribution in [3.8, 4) is 0 Å². The summed E-state index contributed by atoms with van der Waals surface area (Å²) in [5.74, 6) is -5.51. The average molecular weight is 511 g/mol. The van der Waals surface area contributed by atoms with Gasteiger partial charge in [-0.1, -0.05) is 12.1 Å². The molecule has 0 fully saturated rings. The number of hydrogen-bond donors (Lipinski definition) is 3. The summed E-state index contributed by atoms with van der Waals surface area (Å²) in [6.45, 7) is 4.94. The molecule has 0 atom stereocenters. The number of alkyl halides is 6. The van der Waals surface area contributed by atoms with Crippen LogP contribution in [0.5, 0.6) is 0 Å². The SMILES string of the molecule is Cc1cc(CN(C)CCCn2cnc3ccccc32)n[nH]1.O=C(O)C(F)(F)F.O=C(O)C(F)(F)F. The number of fused-ring (bicyclic) bond motifs is 1. The van der Waals surface area contributed by atoms with Crippen LogP contribution >= 0.6 is 0 Å². The summed E-state index contributed by atoms with van der Waals surface area (Å²) in [6, 6.07) is 10.4. The van der Waals surface area contributed by atoms with E-state index in [4.69, 9.17) is 19.8 Å². The minimum absolute atomic E-state index is 0.884. The maximum atomic E-state index is 10.6. The first kappa shape index (κ1) is 29.4. The summed E-state index contributed by atoms with van der Waals surface area (Å²) in [5, 5.41) is 21.5. The average Bonchev–Trinajstić information content (AvgIpc) is 3.33. The van der Waals surface area contributed by atoms with E-state index >= 15 is 0 Å². The van der Waals surface area contributed by atoms with Gasteiger partial charge >= 0.3 is 24.3 Å². The Morgan fingerprint density at radius 2 is 1.60 bits per heavy atom. The van der Waals surface area contributed by atoms with E-state index in [2.05, 4.69) is 56.0 Å². The lowest BCUT2D eigenvalue weighted by Gasteiger charge is -2.15. The van der Waals surface area contributed by atoms with E-state index in [9.17, 15) is 26.3 Å². The number of rotatable bonds is 6. The summed E-state index contributed by atoms with van der Waals surface area (Å²) in [4.78, 5) is 24.5. The summed E-state index contributed by atoms with van der Waals surface area (Å²) in [6.07, 6.45) is -7.14. The van der Waals surface area contributed by atoms with Gasteiger partial charge in [0, 0.05) is 18.8 Å². The van der Waals surface area contributed by atoms with Gasteiger partial charge in [0.15, 0.2) is 0 Å². The Hall–Kier alpha value is -3.62. The first-order valence-corrected chi connectivity index (χ1v) is 9.80. The highest BCUT2D eigenvalue weighted by atomic mass is 19.4. The predicted octanol–water partition coefficient (Wildman–Crippen LogP) is 3.86. The topological polar surface area (TPSA) is 124 Å². The van der Waals surface area contributed by atoms with Gasteiger partial charge in [0.2, 0.25) is 0 Å². The lowest BCUT2D eigenvalue weighted by Crippen LogP contribution is -2.21. The highest BCUT2D eigenvalue weighted by Crippen LogP contribution is 2.14. The number of carboxylic acid groups (broad SMARTS) is 2. The summed E-state index contributed by atoms with van der Waals surface area (Å²) >= 11 is 0. The fourth-order valence-corrected chi connectivity index (χ4v) is 2.61. The zero-order valence-electron chi connectivity index (χ0n) is 18.6. The third kappa shape index (κ3) is 10.9. The van der Waals surface area contributed by atoms with Crippen molar-refractivity contribution in [1.29, 1.82) is 0 Å². The van der Waals surface area contributed by atoms with Crippen molar-refractivity contribution in [2.24, 2.45) is 0 Å². The molecule has 2 aromatic heterocycles. The zero-order valence-corrected chi connectivity index (χ0v) is 18.6. The highest BCUT2D eigenvalue weighted by Gasteiger charge is 2.38. The van der Waals surface area contributed by atoms with Gasteiger partial charge in [0.05, 0.1) is 23.1 Å². The number of benzene rings is 1. The van der Waals surface area contributed by atoms with Gasteiger partial charge in [0.25, 0.3) is 0 Å². The van der Waals surface area contributed by atoms with Crippen molar-refractivity contribution in [3.05, 3.63) is 48.0 Å². The Morgan fingerprint density at radius 1 is 1.06 bits per heavy atom. The molecule has 0 aliphatic heterocycles. The van der Waals surface area contributed by atoms with Gasteiger partial charge in [-0.25, -0.2) is 14.6 Å². The van der Waals surface area contributed by atoms with E-state index in [1.54, 1.807) is 0 Å². The number of para-hydroxylation sites is 2. The standard InChI is InChI=1S/C16H21N5.2C2HF3O2/c1-13-10-14(19-18-13)11-20(2)8-5-9-21-12-17-15-6-3-4-7-16(15)21;2*3-2(4,5)1(6)7/h3-4,6-7,10,12H,5,8-9,11H2,1-2H3,(H,18,19);2*(H,6,7). The Balaban J connectivity index is 0.000000362. The molecule has 3 rings (SSSR count). The Labute approximate surface area is 195 Å². The number of aromatic amines is 1. The van der Waals surface area contributed by atoms with Gasteiger partial charge in [0.1, 0.15) is 0 Å². The minimum atomic E-state index is -5.08. The van der Waals surface area contributed by atoms with Crippen LogP contribution in [0.2, 0.25) is 0 Å². The number of carboxylic acids is 2. The first-order chi connectivity index (χ1) is 16.1. The molecule has 2 heterocycles. The molecule has 0 amide bonds. The molecule has 0 aliphatic rings. The lowest BCUT2D eigenvalue weighted by molar-refractivity contribution is -0.193. The van der Waals surface area contributed by atoms with E-state index in [1.165, 1.54) is 5.52 Å². The molecule has 194 valence electrons. The molecule has 0 unspecified atom stereocenters. The minimum Gasteiger partial charge on any atom is -0.475 e. The van der Waals surface area contributed by atoms with E-state index in [0.717, 1.165) is 43.0 Å². The highest BCUT2D eigenvalue weighted by molar-refractivity contribution is 5.75. The third-order valence-corrected chi connectivity index (χ3v) is 4.14. The summed E-state index contributed by atoms with van der Waals surface area (Å²) < 4.78 is 65.7. The summed E-state index contributed by atoms with van der Waals surface area (Å²) in [7, 11) is 2.13. The predicted molar refractivity (Wildman–Crippen MR) is 111 cm³/mol. The van der Waals surface area contributed by atoms with Crippen LogP contribution in [0, 0.1) is 6.92 Å². The maximum absolute atomic E-state index is 10.6. The molecular weight excluding hydrogens is 488 g/mol. The number of nitrogens with one attached hydrogen (secondary N) is 1. The van der Waals surface area contributed by atoms with Gasteiger partial charge in [-0.05, 0) is 45.1 Å². The number of halogens is 6.